The summed E-state index contributed by atoms with van der Waals surface area (Å²) in [6.45, 7) is 2.15. The topological polar surface area (TPSA) is 119 Å². The van der Waals surface area contributed by atoms with Crippen LogP contribution in [0, 0.1) is 6.92 Å². The lowest BCUT2D eigenvalue weighted by Gasteiger charge is -2.04. The quantitative estimate of drug-likeness (QED) is 0.513. The van der Waals surface area contributed by atoms with Crippen molar-refractivity contribution < 1.29 is 9.32 Å². The number of hydrazine groups is 1. The van der Waals surface area contributed by atoms with E-state index in [0.29, 0.717) is 36.1 Å². The van der Waals surface area contributed by atoms with Gasteiger partial charge >= 0.3 is 0 Å². The Bertz CT molecular complexity index is 551. The number of rotatable bonds is 5. The molecule has 1 amide bonds. The number of carbonyl (C=O) groups is 1. The number of aromatic nitrogens is 3. The fraction of sp³-hybridized carbons (Fsp3) is 0.273. The maximum Gasteiger partial charge on any atom is 0.252 e. The first-order valence-corrected chi connectivity index (χ1v) is 5.69. The van der Waals surface area contributed by atoms with Gasteiger partial charge in [0.15, 0.2) is 5.82 Å². The van der Waals surface area contributed by atoms with Crippen molar-refractivity contribution in [3.8, 4) is 0 Å². The van der Waals surface area contributed by atoms with Gasteiger partial charge in [0.05, 0.1) is 5.56 Å². The highest BCUT2D eigenvalue weighted by molar-refractivity contribution is 5.94. The highest BCUT2D eigenvalue weighted by Gasteiger charge is 2.07. The molecule has 0 bridgehead atoms. The molecule has 0 fully saturated rings. The molecular weight excluding hydrogens is 248 g/mol. The second-order valence-corrected chi connectivity index (χ2v) is 3.82. The Morgan fingerprint density at radius 2 is 2.32 bits per heavy atom. The standard InChI is InChI=1S/C11H14N6O2/c1-7-15-10(19-17-7)4-5-13-11(18)8-2-3-9(16-12)14-6-8/h2-3,6H,4-5,12H2,1H3,(H,13,18)(H,14,16). The second-order valence-electron chi connectivity index (χ2n) is 3.82. The van der Waals surface area contributed by atoms with Crippen LogP contribution in [0.2, 0.25) is 0 Å². The Labute approximate surface area is 109 Å². The summed E-state index contributed by atoms with van der Waals surface area (Å²) in [5, 5.41) is 6.40. The van der Waals surface area contributed by atoms with Gasteiger partial charge in [-0.15, -0.1) is 0 Å². The van der Waals surface area contributed by atoms with Crippen molar-refractivity contribution in [3.05, 3.63) is 35.6 Å². The van der Waals surface area contributed by atoms with Crippen LogP contribution in [0.25, 0.3) is 0 Å². The molecule has 2 aromatic heterocycles. The second kappa shape index (κ2) is 5.91. The van der Waals surface area contributed by atoms with Crippen LogP contribution in [0.15, 0.2) is 22.9 Å². The number of amides is 1. The summed E-state index contributed by atoms with van der Waals surface area (Å²) >= 11 is 0. The fourth-order valence-electron chi connectivity index (χ4n) is 1.44. The van der Waals surface area contributed by atoms with Crippen LogP contribution in [0.1, 0.15) is 22.1 Å². The van der Waals surface area contributed by atoms with E-state index < -0.39 is 0 Å². The minimum Gasteiger partial charge on any atom is -0.351 e. The Hall–Kier alpha value is -2.48. The lowest BCUT2D eigenvalue weighted by molar-refractivity contribution is 0.0953. The number of pyridine rings is 1. The molecule has 19 heavy (non-hydrogen) atoms. The van der Waals surface area contributed by atoms with Gasteiger partial charge in [0.25, 0.3) is 5.91 Å². The third-order valence-corrected chi connectivity index (χ3v) is 2.37. The van der Waals surface area contributed by atoms with E-state index in [2.05, 4.69) is 25.9 Å². The molecule has 0 saturated carbocycles. The summed E-state index contributed by atoms with van der Waals surface area (Å²) in [5.41, 5.74) is 2.85. The molecule has 4 N–H and O–H groups in total. The van der Waals surface area contributed by atoms with E-state index in [1.807, 2.05) is 0 Å². The third-order valence-electron chi connectivity index (χ3n) is 2.37. The lowest BCUT2D eigenvalue weighted by Crippen LogP contribution is -2.26. The normalized spacial score (nSPS) is 10.2. The van der Waals surface area contributed by atoms with Crippen LogP contribution in [-0.4, -0.2) is 27.6 Å². The summed E-state index contributed by atoms with van der Waals surface area (Å²) in [6.07, 6.45) is 1.93. The minimum atomic E-state index is -0.215. The van der Waals surface area contributed by atoms with Crippen molar-refractivity contribution in [2.24, 2.45) is 5.84 Å². The lowest BCUT2D eigenvalue weighted by atomic mass is 10.2. The van der Waals surface area contributed by atoms with Crippen LogP contribution in [-0.2, 0) is 6.42 Å². The van der Waals surface area contributed by atoms with Crippen LogP contribution in [0.5, 0.6) is 0 Å². The van der Waals surface area contributed by atoms with Crippen molar-refractivity contribution in [2.45, 2.75) is 13.3 Å². The van der Waals surface area contributed by atoms with E-state index in [0.717, 1.165) is 0 Å². The molecule has 2 heterocycles. The number of nitrogen functional groups attached to an aromatic ring is 1. The van der Waals surface area contributed by atoms with E-state index in [-0.39, 0.29) is 5.91 Å². The number of hydrogen-bond donors (Lipinski definition) is 3. The number of carbonyl (C=O) groups excluding carboxylic acids is 1. The Morgan fingerprint density at radius 3 is 2.89 bits per heavy atom. The summed E-state index contributed by atoms with van der Waals surface area (Å²) in [6, 6.07) is 3.25. The Balaban J connectivity index is 1.83. The van der Waals surface area contributed by atoms with Gasteiger partial charge in [-0.25, -0.2) is 10.8 Å². The average Bonchev–Trinajstić information content (AvgIpc) is 2.84. The first-order chi connectivity index (χ1) is 9.19. The number of aryl methyl sites for hydroxylation is 1. The van der Waals surface area contributed by atoms with Crippen LogP contribution in [0.4, 0.5) is 5.82 Å². The smallest absolute Gasteiger partial charge is 0.252 e. The molecule has 0 saturated heterocycles. The van der Waals surface area contributed by atoms with Gasteiger partial charge in [0.1, 0.15) is 5.82 Å². The Kier molecular flexibility index (Phi) is 4.04. The van der Waals surface area contributed by atoms with Crippen LogP contribution in [0.3, 0.4) is 0 Å². The van der Waals surface area contributed by atoms with Crippen LogP contribution < -0.4 is 16.6 Å². The summed E-state index contributed by atoms with van der Waals surface area (Å²) in [5.74, 6) is 6.55. The summed E-state index contributed by atoms with van der Waals surface area (Å²) in [7, 11) is 0. The number of anilines is 1. The highest BCUT2D eigenvalue weighted by atomic mass is 16.5. The summed E-state index contributed by atoms with van der Waals surface area (Å²) < 4.78 is 4.94. The molecule has 2 aromatic rings. The predicted molar refractivity (Wildman–Crippen MR) is 67.1 cm³/mol. The van der Waals surface area contributed by atoms with Crippen molar-refractivity contribution >= 4 is 11.7 Å². The molecule has 0 spiro atoms. The monoisotopic (exact) mass is 262 g/mol. The largest absolute Gasteiger partial charge is 0.351 e. The SMILES string of the molecule is Cc1noc(CCNC(=O)c2ccc(NN)nc2)n1. The molecule has 100 valence electrons. The molecule has 0 radical (unpaired) electrons. The van der Waals surface area contributed by atoms with E-state index >= 15 is 0 Å². The first-order valence-electron chi connectivity index (χ1n) is 5.69. The average molecular weight is 262 g/mol. The summed E-state index contributed by atoms with van der Waals surface area (Å²) in [4.78, 5) is 19.8. The number of nitrogens with zero attached hydrogens (tertiary/aromatic N) is 3. The molecule has 0 unspecified atom stereocenters. The maximum absolute atomic E-state index is 11.8. The highest BCUT2D eigenvalue weighted by Crippen LogP contribution is 2.03. The maximum atomic E-state index is 11.8. The molecule has 8 heteroatoms. The first kappa shape index (κ1) is 13.0. The van der Waals surface area contributed by atoms with Crippen molar-refractivity contribution in [1.82, 2.24) is 20.4 Å². The van der Waals surface area contributed by atoms with E-state index in [1.165, 1.54) is 6.20 Å². The molecule has 0 aliphatic rings. The zero-order valence-corrected chi connectivity index (χ0v) is 10.4. The van der Waals surface area contributed by atoms with Gasteiger partial charge < -0.3 is 15.3 Å². The zero-order valence-electron chi connectivity index (χ0n) is 10.4. The van der Waals surface area contributed by atoms with E-state index in [9.17, 15) is 4.79 Å². The molecule has 0 atom stereocenters. The third kappa shape index (κ3) is 3.49. The Morgan fingerprint density at radius 1 is 1.47 bits per heavy atom. The van der Waals surface area contributed by atoms with Crippen LogP contribution >= 0.6 is 0 Å². The molecular formula is C11H14N6O2. The molecule has 0 aromatic carbocycles. The van der Waals surface area contributed by atoms with Gasteiger partial charge in [-0.2, -0.15) is 4.98 Å². The van der Waals surface area contributed by atoms with Crippen molar-refractivity contribution in [2.75, 3.05) is 12.0 Å². The van der Waals surface area contributed by atoms with E-state index in [1.54, 1.807) is 19.1 Å². The van der Waals surface area contributed by atoms with Gasteiger partial charge in [-0.05, 0) is 19.1 Å². The van der Waals surface area contributed by atoms with Gasteiger partial charge in [0, 0.05) is 19.2 Å². The van der Waals surface area contributed by atoms with Gasteiger partial charge in [-0.3, -0.25) is 4.79 Å². The molecule has 8 nitrogen and oxygen atoms in total. The predicted octanol–water partition coefficient (Wildman–Crippen LogP) is 0.0311. The van der Waals surface area contributed by atoms with Gasteiger partial charge in [-0.1, -0.05) is 5.16 Å². The van der Waals surface area contributed by atoms with E-state index in [4.69, 9.17) is 10.4 Å². The van der Waals surface area contributed by atoms with Gasteiger partial charge in [0.2, 0.25) is 5.89 Å². The number of nitrogens with one attached hydrogen (secondary N) is 2. The molecule has 0 aliphatic carbocycles. The van der Waals surface area contributed by atoms with Crippen molar-refractivity contribution in [3.63, 3.8) is 0 Å². The number of hydrogen-bond acceptors (Lipinski definition) is 7. The van der Waals surface area contributed by atoms with Crippen molar-refractivity contribution in [1.29, 1.82) is 0 Å². The minimum absolute atomic E-state index is 0.215. The molecule has 0 aliphatic heterocycles. The fourth-order valence-corrected chi connectivity index (χ4v) is 1.44. The number of nitrogens with two attached hydrogens (primary N) is 1. The molecule has 2 rings (SSSR count). The zero-order chi connectivity index (χ0) is 13.7.